The van der Waals surface area contributed by atoms with E-state index in [0.717, 1.165) is 11.3 Å². The highest BCUT2D eigenvalue weighted by molar-refractivity contribution is 5.93. The molecule has 0 fully saturated rings. The van der Waals surface area contributed by atoms with Gasteiger partial charge in [0.1, 0.15) is 11.5 Å². The fourth-order valence-corrected chi connectivity index (χ4v) is 1.98. The number of nitrogens with one attached hydrogen (secondary N) is 1. The van der Waals surface area contributed by atoms with Crippen molar-refractivity contribution < 1.29 is 19.1 Å². The summed E-state index contributed by atoms with van der Waals surface area (Å²) in [6.45, 7) is 5.65. The van der Waals surface area contributed by atoms with Crippen molar-refractivity contribution in [1.82, 2.24) is 10.3 Å². The lowest BCUT2D eigenvalue weighted by atomic mass is 10.1. The molecule has 1 heterocycles. The van der Waals surface area contributed by atoms with Crippen molar-refractivity contribution >= 4 is 5.91 Å². The van der Waals surface area contributed by atoms with Gasteiger partial charge in [-0.1, -0.05) is 13.8 Å². The van der Waals surface area contributed by atoms with Gasteiger partial charge in [-0.15, -0.1) is 0 Å². The fourth-order valence-electron chi connectivity index (χ4n) is 1.98. The zero-order chi connectivity index (χ0) is 17.0. The van der Waals surface area contributed by atoms with Gasteiger partial charge in [-0.2, -0.15) is 0 Å². The van der Waals surface area contributed by atoms with Crippen molar-refractivity contribution in [3.63, 3.8) is 0 Å². The second-order valence-corrected chi connectivity index (χ2v) is 5.67. The number of amides is 1. The van der Waals surface area contributed by atoms with E-state index < -0.39 is 6.10 Å². The van der Waals surface area contributed by atoms with E-state index in [1.54, 1.807) is 26.2 Å². The first kappa shape index (κ1) is 17.0. The Kier molecular flexibility index (Phi) is 5.39. The van der Waals surface area contributed by atoms with Gasteiger partial charge in [-0.3, -0.25) is 4.79 Å². The summed E-state index contributed by atoms with van der Waals surface area (Å²) < 4.78 is 10.7. The molecule has 1 atom stereocenters. The van der Waals surface area contributed by atoms with Crippen LogP contribution in [-0.4, -0.2) is 35.8 Å². The summed E-state index contributed by atoms with van der Waals surface area (Å²) in [7, 11) is 1.60. The van der Waals surface area contributed by atoms with Crippen LogP contribution in [0.25, 0.3) is 11.5 Å². The number of benzene rings is 1. The fraction of sp³-hybridized carbons (Fsp3) is 0.412. The summed E-state index contributed by atoms with van der Waals surface area (Å²) in [5.41, 5.74) is 0.988. The van der Waals surface area contributed by atoms with E-state index >= 15 is 0 Å². The van der Waals surface area contributed by atoms with Crippen LogP contribution in [0.3, 0.4) is 0 Å². The van der Waals surface area contributed by atoms with Crippen LogP contribution in [0.4, 0.5) is 0 Å². The van der Waals surface area contributed by atoms with E-state index in [4.69, 9.17) is 9.15 Å². The van der Waals surface area contributed by atoms with Crippen molar-refractivity contribution in [2.24, 2.45) is 5.92 Å². The molecule has 0 aliphatic carbocycles. The summed E-state index contributed by atoms with van der Waals surface area (Å²) in [5, 5.41) is 12.4. The molecule has 0 bridgehead atoms. The molecule has 2 N–H and O–H groups in total. The number of ether oxygens (including phenoxy) is 1. The summed E-state index contributed by atoms with van der Waals surface area (Å²) in [6.07, 6.45) is -0.591. The number of carbonyl (C=O) groups is 1. The standard InChI is InChI=1S/C17H22N2O4/c1-10(2)14(20)9-18-16(21)15-11(3)23-17(19-15)12-5-7-13(22-4)8-6-12/h5-8,10,14,20H,9H2,1-4H3,(H,18,21). The van der Waals surface area contributed by atoms with Crippen LogP contribution in [0.15, 0.2) is 28.7 Å². The third kappa shape index (κ3) is 4.10. The van der Waals surface area contributed by atoms with E-state index in [9.17, 15) is 9.90 Å². The molecule has 1 amide bonds. The number of hydrogen-bond donors (Lipinski definition) is 2. The average Bonchev–Trinajstić information content (AvgIpc) is 2.94. The van der Waals surface area contributed by atoms with Crippen LogP contribution in [-0.2, 0) is 0 Å². The van der Waals surface area contributed by atoms with Gasteiger partial charge in [-0.25, -0.2) is 4.98 Å². The van der Waals surface area contributed by atoms with Crippen molar-refractivity contribution in [1.29, 1.82) is 0 Å². The molecule has 2 rings (SSSR count). The number of aliphatic hydroxyl groups is 1. The maximum atomic E-state index is 12.2. The lowest BCUT2D eigenvalue weighted by molar-refractivity contribution is 0.0866. The Labute approximate surface area is 135 Å². The van der Waals surface area contributed by atoms with Gasteiger partial charge in [0, 0.05) is 12.1 Å². The largest absolute Gasteiger partial charge is 0.497 e. The second-order valence-electron chi connectivity index (χ2n) is 5.67. The topological polar surface area (TPSA) is 84.6 Å². The Morgan fingerprint density at radius 1 is 1.35 bits per heavy atom. The normalized spacial score (nSPS) is 12.3. The molecule has 0 spiro atoms. The van der Waals surface area contributed by atoms with E-state index in [1.165, 1.54) is 0 Å². The van der Waals surface area contributed by atoms with Crippen LogP contribution < -0.4 is 10.1 Å². The number of aliphatic hydroxyl groups excluding tert-OH is 1. The van der Waals surface area contributed by atoms with Gasteiger partial charge < -0.3 is 19.6 Å². The van der Waals surface area contributed by atoms with E-state index in [1.807, 2.05) is 26.0 Å². The molecule has 0 aliphatic heterocycles. The zero-order valence-corrected chi connectivity index (χ0v) is 13.8. The lowest BCUT2D eigenvalue weighted by Gasteiger charge is -2.14. The van der Waals surface area contributed by atoms with E-state index in [0.29, 0.717) is 11.7 Å². The second kappa shape index (κ2) is 7.28. The van der Waals surface area contributed by atoms with Crippen molar-refractivity contribution in [2.45, 2.75) is 26.9 Å². The number of methoxy groups -OCH3 is 1. The Hall–Kier alpha value is -2.34. The minimum Gasteiger partial charge on any atom is -0.497 e. The number of hydrogen-bond acceptors (Lipinski definition) is 5. The number of aryl methyl sites for hydroxylation is 1. The molecule has 1 aromatic carbocycles. The summed E-state index contributed by atoms with van der Waals surface area (Å²) in [5.74, 6) is 1.26. The summed E-state index contributed by atoms with van der Waals surface area (Å²) in [4.78, 5) is 16.4. The first-order valence-electron chi connectivity index (χ1n) is 7.50. The third-order valence-electron chi connectivity index (χ3n) is 3.59. The summed E-state index contributed by atoms with van der Waals surface area (Å²) in [6, 6.07) is 7.23. The molecular weight excluding hydrogens is 296 g/mol. The highest BCUT2D eigenvalue weighted by Gasteiger charge is 2.19. The molecule has 1 aromatic heterocycles. The van der Waals surface area contributed by atoms with Gasteiger partial charge in [0.2, 0.25) is 5.89 Å². The maximum Gasteiger partial charge on any atom is 0.273 e. The van der Waals surface area contributed by atoms with Crippen LogP contribution in [0, 0.1) is 12.8 Å². The first-order valence-corrected chi connectivity index (χ1v) is 7.50. The molecule has 0 saturated carbocycles. The molecule has 0 radical (unpaired) electrons. The SMILES string of the molecule is COc1ccc(-c2nc(C(=O)NCC(O)C(C)C)c(C)o2)cc1. The molecule has 2 aromatic rings. The van der Waals surface area contributed by atoms with Crippen molar-refractivity contribution in [3.8, 4) is 17.2 Å². The Balaban J connectivity index is 2.12. The lowest BCUT2D eigenvalue weighted by Crippen LogP contribution is -2.35. The van der Waals surface area contributed by atoms with E-state index in [-0.39, 0.29) is 24.1 Å². The minimum atomic E-state index is -0.591. The van der Waals surface area contributed by atoms with Crippen LogP contribution in [0.5, 0.6) is 5.75 Å². The highest BCUT2D eigenvalue weighted by Crippen LogP contribution is 2.24. The van der Waals surface area contributed by atoms with Crippen LogP contribution >= 0.6 is 0 Å². The van der Waals surface area contributed by atoms with Gasteiger partial charge in [0.05, 0.1) is 13.2 Å². The molecule has 23 heavy (non-hydrogen) atoms. The number of rotatable bonds is 6. The van der Waals surface area contributed by atoms with Gasteiger partial charge in [0.15, 0.2) is 5.69 Å². The maximum absolute atomic E-state index is 12.2. The number of oxazole rings is 1. The monoisotopic (exact) mass is 318 g/mol. The predicted molar refractivity (Wildman–Crippen MR) is 86.4 cm³/mol. The number of carbonyl (C=O) groups excluding carboxylic acids is 1. The molecule has 6 nitrogen and oxygen atoms in total. The average molecular weight is 318 g/mol. The van der Waals surface area contributed by atoms with Gasteiger partial charge in [0.25, 0.3) is 5.91 Å². The zero-order valence-electron chi connectivity index (χ0n) is 13.8. The Morgan fingerprint density at radius 2 is 2.00 bits per heavy atom. The minimum absolute atomic E-state index is 0.0727. The molecule has 6 heteroatoms. The Morgan fingerprint density at radius 3 is 2.57 bits per heavy atom. The third-order valence-corrected chi connectivity index (χ3v) is 3.59. The van der Waals surface area contributed by atoms with Crippen molar-refractivity contribution in [2.75, 3.05) is 13.7 Å². The highest BCUT2D eigenvalue weighted by atomic mass is 16.5. The first-order chi connectivity index (χ1) is 10.9. The quantitative estimate of drug-likeness (QED) is 0.854. The molecular formula is C17H22N2O4. The molecule has 124 valence electrons. The predicted octanol–water partition coefficient (Wildman–Crippen LogP) is 2.41. The Bertz CT molecular complexity index is 662. The van der Waals surface area contributed by atoms with Gasteiger partial charge in [-0.05, 0) is 37.1 Å². The molecule has 0 aliphatic rings. The van der Waals surface area contributed by atoms with Crippen LogP contribution in [0.2, 0.25) is 0 Å². The van der Waals surface area contributed by atoms with Crippen molar-refractivity contribution in [3.05, 3.63) is 35.7 Å². The van der Waals surface area contributed by atoms with Crippen LogP contribution in [0.1, 0.15) is 30.1 Å². The molecule has 1 unspecified atom stereocenters. The van der Waals surface area contributed by atoms with Gasteiger partial charge >= 0.3 is 0 Å². The summed E-state index contributed by atoms with van der Waals surface area (Å²) >= 11 is 0. The number of nitrogens with zero attached hydrogens (tertiary/aromatic N) is 1. The van der Waals surface area contributed by atoms with E-state index in [2.05, 4.69) is 10.3 Å². The number of aromatic nitrogens is 1. The smallest absolute Gasteiger partial charge is 0.273 e. The molecule has 0 saturated heterocycles.